The van der Waals surface area contributed by atoms with Crippen molar-refractivity contribution >= 4 is 29.6 Å². The summed E-state index contributed by atoms with van der Waals surface area (Å²) in [7, 11) is -1.18. The van der Waals surface area contributed by atoms with Gasteiger partial charge in [-0.15, -0.1) is 34.5 Å². The Balaban J connectivity index is 2.88. The summed E-state index contributed by atoms with van der Waals surface area (Å²) in [5.74, 6) is 2.35. The summed E-state index contributed by atoms with van der Waals surface area (Å²) < 4.78 is 0. The van der Waals surface area contributed by atoms with Crippen LogP contribution in [-0.2, 0) is 0 Å². The van der Waals surface area contributed by atoms with Crippen LogP contribution in [0.3, 0.4) is 0 Å². The maximum atomic E-state index is 5.30. The molecule has 0 spiro atoms. The molecule has 33 valence electrons. The molecule has 0 saturated carbocycles. The van der Waals surface area contributed by atoms with E-state index in [2.05, 4.69) is 5.92 Å². The summed E-state index contributed by atoms with van der Waals surface area (Å²) in [6, 6.07) is 0.535. The first-order valence-electron chi connectivity index (χ1n) is 1.37. The van der Waals surface area contributed by atoms with Gasteiger partial charge in [-0.1, -0.05) is 0 Å². The molecule has 0 saturated heterocycles. The zero-order chi connectivity index (χ0) is 4.99. The van der Waals surface area contributed by atoms with Gasteiger partial charge in [0.25, 0.3) is 7.42 Å². The molecule has 0 N–H and O–H groups in total. The van der Waals surface area contributed by atoms with Gasteiger partial charge in [-0.2, -0.15) is 0 Å². The summed E-state index contributed by atoms with van der Waals surface area (Å²) in [6.07, 6.45) is 4.84. The molecule has 0 bridgehead atoms. The van der Waals surface area contributed by atoms with E-state index in [0.29, 0.717) is 6.04 Å². The zero-order valence-corrected chi connectivity index (χ0v) is 5.55. The van der Waals surface area contributed by atoms with Crippen molar-refractivity contribution in [1.29, 1.82) is 0 Å². The Kier molecular flexibility index (Phi) is 3.75. The van der Waals surface area contributed by atoms with Gasteiger partial charge in [0.15, 0.2) is 0 Å². The van der Waals surface area contributed by atoms with Gasteiger partial charge in [-0.25, -0.2) is 0 Å². The first-order valence-corrected chi connectivity index (χ1v) is 5.10. The Hall–Kier alpha value is 0.357. The van der Waals surface area contributed by atoms with Crippen LogP contribution in [0.25, 0.3) is 0 Å². The van der Waals surface area contributed by atoms with E-state index in [1.54, 1.807) is 0 Å². The van der Waals surface area contributed by atoms with Crippen LogP contribution in [0.15, 0.2) is 0 Å². The number of terminal acetylenes is 1. The lowest BCUT2D eigenvalue weighted by Crippen LogP contribution is -1.85. The van der Waals surface area contributed by atoms with E-state index < -0.39 is 7.42 Å². The van der Waals surface area contributed by atoms with E-state index >= 15 is 0 Å². The second-order valence-electron chi connectivity index (χ2n) is 0.720. The molecule has 0 aromatic rings. The Morgan fingerprint density at radius 1 is 1.67 bits per heavy atom. The minimum atomic E-state index is -1.18. The van der Waals surface area contributed by atoms with Crippen LogP contribution >= 0.6 is 22.2 Å². The lowest BCUT2D eigenvalue weighted by molar-refractivity contribution is 1.86. The van der Waals surface area contributed by atoms with Crippen LogP contribution < -0.4 is 0 Å². The molecule has 0 aromatic carbocycles. The molecule has 3 heteroatoms. The molecule has 0 amide bonds. The average molecular weight is 138 g/mol. The number of hydrogen-bond donors (Lipinski definition) is 0. The van der Waals surface area contributed by atoms with E-state index in [-0.39, 0.29) is 0 Å². The van der Waals surface area contributed by atoms with Crippen LogP contribution in [0, 0.1) is 12.3 Å². The first-order chi connectivity index (χ1) is 2.77. The monoisotopic (exact) mass is 137 g/mol. The molecule has 0 aliphatic rings. The number of halogens is 2. The van der Waals surface area contributed by atoms with Gasteiger partial charge in [0.2, 0.25) is 0 Å². The highest BCUT2D eigenvalue weighted by Crippen LogP contribution is 1.99. The third-order valence-corrected chi connectivity index (χ3v) is 1.51. The van der Waals surface area contributed by atoms with Gasteiger partial charge in [-0.05, 0) is 0 Å². The van der Waals surface area contributed by atoms with Crippen molar-refractivity contribution < 1.29 is 0 Å². The standard InChI is InChI=1S/C3H3Cl2Si/c1-2-3-6(4)5/h1H,3H2. The molecule has 0 rings (SSSR count). The smallest absolute Gasteiger partial charge is 0.146 e. The summed E-state index contributed by atoms with van der Waals surface area (Å²) >= 11 is 10.6. The predicted molar refractivity (Wildman–Crippen MR) is 31.1 cm³/mol. The van der Waals surface area contributed by atoms with Gasteiger partial charge in [0.05, 0.1) is 0 Å². The minimum absolute atomic E-state index is 0.535. The van der Waals surface area contributed by atoms with Gasteiger partial charge >= 0.3 is 0 Å². The Morgan fingerprint density at radius 3 is 2.17 bits per heavy atom. The van der Waals surface area contributed by atoms with Crippen LogP contribution in [0.1, 0.15) is 0 Å². The van der Waals surface area contributed by atoms with E-state index in [0.717, 1.165) is 0 Å². The highest BCUT2D eigenvalue weighted by molar-refractivity contribution is 7.34. The van der Waals surface area contributed by atoms with Crippen LogP contribution in [0.2, 0.25) is 6.04 Å². The van der Waals surface area contributed by atoms with E-state index in [9.17, 15) is 0 Å². The minimum Gasteiger partial charge on any atom is -0.146 e. The average Bonchev–Trinajstić information content (AvgIpc) is 1.35. The Morgan fingerprint density at radius 2 is 2.17 bits per heavy atom. The largest absolute Gasteiger partial charge is 0.286 e. The summed E-state index contributed by atoms with van der Waals surface area (Å²) in [4.78, 5) is 0. The van der Waals surface area contributed by atoms with Gasteiger partial charge in [0, 0.05) is 6.04 Å². The molecule has 0 atom stereocenters. The normalized spacial score (nSPS) is 8.33. The molecule has 0 nitrogen and oxygen atoms in total. The Bertz CT molecular complexity index is 63.7. The second kappa shape index (κ2) is 3.54. The molecule has 0 heterocycles. The van der Waals surface area contributed by atoms with Crippen molar-refractivity contribution in [3.05, 3.63) is 0 Å². The van der Waals surface area contributed by atoms with Gasteiger partial charge in [-0.3, -0.25) is 0 Å². The van der Waals surface area contributed by atoms with Gasteiger partial charge < -0.3 is 0 Å². The third kappa shape index (κ3) is 4.36. The van der Waals surface area contributed by atoms with E-state index in [1.165, 1.54) is 0 Å². The maximum Gasteiger partial charge on any atom is 0.286 e. The first kappa shape index (κ1) is 6.36. The molecule has 0 aliphatic carbocycles. The predicted octanol–water partition coefficient (Wildman–Crippen LogP) is 1.59. The Labute approximate surface area is 48.5 Å². The van der Waals surface area contributed by atoms with E-state index in [1.807, 2.05) is 0 Å². The lowest BCUT2D eigenvalue weighted by atomic mass is 10.8. The molecule has 0 fully saturated rings. The number of hydrogen-bond acceptors (Lipinski definition) is 0. The highest BCUT2D eigenvalue weighted by atomic mass is 35.7. The van der Waals surface area contributed by atoms with Crippen LogP contribution in [0.4, 0.5) is 0 Å². The molecule has 1 radical (unpaired) electrons. The zero-order valence-electron chi connectivity index (χ0n) is 3.04. The quantitative estimate of drug-likeness (QED) is 0.293. The fourth-order valence-corrected chi connectivity index (χ4v) is 0.694. The topological polar surface area (TPSA) is 0 Å². The third-order valence-electron chi connectivity index (χ3n) is 0.236. The molecule has 0 aliphatic heterocycles. The summed E-state index contributed by atoms with van der Waals surface area (Å²) in [5, 5.41) is 0. The van der Waals surface area contributed by atoms with Crippen molar-refractivity contribution in [2.75, 3.05) is 0 Å². The summed E-state index contributed by atoms with van der Waals surface area (Å²) in [6.45, 7) is 0. The fraction of sp³-hybridized carbons (Fsp3) is 0.333. The van der Waals surface area contributed by atoms with Crippen LogP contribution in [0.5, 0.6) is 0 Å². The van der Waals surface area contributed by atoms with E-state index in [4.69, 9.17) is 28.6 Å². The van der Waals surface area contributed by atoms with Crippen molar-refractivity contribution in [2.24, 2.45) is 0 Å². The fourth-order valence-electron chi connectivity index (χ4n) is 0.0772. The second-order valence-corrected chi connectivity index (χ2v) is 5.07. The van der Waals surface area contributed by atoms with Crippen molar-refractivity contribution in [3.63, 3.8) is 0 Å². The number of rotatable bonds is 1. The van der Waals surface area contributed by atoms with Crippen molar-refractivity contribution in [3.8, 4) is 12.3 Å². The van der Waals surface area contributed by atoms with Gasteiger partial charge in [0.1, 0.15) is 0 Å². The lowest BCUT2D eigenvalue weighted by Gasteiger charge is -1.79. The van der Waals surface area contributed by atoms with Crippen LogP contribution in [-0.4, -0.2) is 7.42 Å². The SMILES string of the molecule is C#CC[Si](Cl)Cl. The molecule has 0 unspecified atom stereocenters. The molecule has 0 aromatic heterocycles. The molecular weight excluding hydrogens is 135 g/mol. The maximum absolute atomic E-state index is 5.30. The van der Waals surface area contributed by atoms with Crippen molar-refractivity contribution in [2.45, 2.75) is 6.04 Å². The molecular formula is C3H3Cl2Si. The van der Waals surface area contributed by atoms with Crippen molar-refractivity contribution in [1.82, 2.24) is 0 Å². The molecule has 6 heavy (non-hydrogen) atoms. The summed E-state index contributed by atoms with van der Waals surface area (Å²) in [5.41, 5.74) is 0. The highest BCUT2D eigenvalue weighted by Gasteiger charge is 1.96.